The average Bonchev–Trinajstić information content (AvgIpc) is 2.92. The van der Waals surface area contributed by atoms with Crippen LogP contribution in [-0.4, -0.2) is 28.6 Å². The molecule has 2 rings (SSSR count). The van der Waals surface area contributed by atoms with E-state index in [1.54, 1.807) is 6.92 Å². The van der Waals surface area contributed by atoms with Gasteiger partial charge in [0.25, 0.3) is 5.69 Å². The highest BCUT2D eigenvalue weighted by Crippen LogP contribution is 2.30. The summed E-state index contributed by atoms with van der Waals surface area (Å²) in [6.07, 6.45) is 0.964. The number of hydrogen-bond acceptors (Lipinski definition) is 8. The fourth-order valence-corrected chi connectivity index (χ4v) is 2.32. The van der Waals surface area contributed by atoms with Gasteiger partial charge in [0.2, 0.25) is 0 Å². The number of carbonyl (C=O) groups excluding carboxylic acids is 1. The van der Waals surface area contributed by atoms with Gasteiger partial charge in [0.1, 0.15) is 5.69 Å². The zero-order valence-electron chi connectivity index (χ0n) is 12.9. The van der Waals surface area contributed by atoms with E-state index in [-0.39, 0.29) is 11.4 Å². The van der Waals surface area contributed by atoms with E-state index < -0.39 is 21.5 Å². The molecule has 24 heavy (non-hydrogen) atoms. The summed E-state index contributed by atoms with van der Waals surface area (Å²) in [7, 11) is 1.29. The van der Waals surface area contributed by atoms with Crippen LogP contribution in [0.25, 0.3) is 0 Å². The minimum absolute atomic E-state index is 0.0254. The molecule has 0 saturated heterocycles. The standard InChI is InChI=1S/C14H14N4O6/c1-8-10(14(19)24-2)4-6-11(8)15-16-12-5-3-9(17(20)21)7-13(12)18(22)23/h3,5,7,16H,4,6H2,1-2H3/b15-11+. The lowest BCUT2D eigenvalue weighted by molar-refractivity contribution is -0.393. The van der Waals surface area contributed by atoms with Gasteiger partial charge >= 0.3 is 11.7 Å². The predicted octanol–water partition coefficient (Wildman–Crippen LogP) is 2.55. The molecule has 1 N–H and O–H groups in total. The molecule has 0 aliphatic heterocycles. The van der Waals surface area contributed by atoms with Gasteiger partial charge < -0.3 is 4.74 Å². The van der Waals surface area contributed by atoms with Gasteiger partial charge in [-0.3, -0.25) is 25.7 Å². The lowest BCUT2D eigenvalue weighted by Gasteiger charge is -2.04. The van der Waals surface area contributed by atoms with Gasteiger partial charge in [0.05, 0.1) is 28.7 Å². The molecule has 0 radical (unpaired) electrons. The number of hydrazone groups is 1. The van der Waals surface area contributed by atoms with Crippen molar-refractivity contribution in [3.05, 3.63) is 49.6 Å². The number of benzene rings is 1. The summed E-state index contributed by atoms with van der Waals surface area (Å²) in [5.74, 6) is -0.431. The smallest absolute Gasteiger partial charge is 0.334 e. The normalized spacial score (nSPS) is 15.5. The summed E-state index contributed by atoms with van der Waals surface area (Å²) in [4.78, 5) is 31.9. The van der Waals surface area contributed by atoms with Crippen LogP contribution in [0.3, 0.4) is 0 Å². The molecule has 0 aromatic heterocycles. The quantitative estimate of drug-likeness (QED) is 0.496. The van der Waals surface area contributed by atoms with E-state index in [0.717, 1.165) is 12.1 Å². The number of nitro groups is 2. The van der Waals surface area contributed by atoms with E-state index in [0.29, 0.717) is 29.7 Å². The molecule has 1 aromatic rings. The molecule has 10 nitrogen and oxygen atoms in total. The first kappa shape index (κ1) is 17.1. The average molecular weight is 334 g/mol. The van der Waals surface area contributed by atoms with Gasteiger partial charge in [0, 0.05) is 11.6 Å². The van der Waals surface area contributed by atoms with Crippen LogP contribution in [0.4, 0.5) is 17.1 Å². The van der Waals surface area contributed by atoms with E-state index in [1.165, 1.54) is 13.2 Å². The second-order valence-corrected chi connectivity index (χ2v) is 4.98. The molecule has 0 atom stereocenters. The van der Waals surface area contributed by atoms with Crippen LogP contribution in [0.1, 0.15) is 19.8 Å². The highest BCUT2D eigenvalue weighted by atomic mass is 16.6. The maximum absolute atomic E-state index is 11.6. The van der Waals surface area contributed by atoms with E-state index in [2.05, 4.69) is 15.3 Å². The van der Waals surface area contributed by atoms with E-state index in [4.69, 9.17) is 0 Å². The second kappa shape index (κ2) is 6.86. The number of non-ortho nitro benzene ring substituents is 1. The maximum Gasteiger partial charge on any atom is 0.334 e. The van der Waals surface area contributed by atoms with Gasteiger partial charge in [-0.05, 0) is 31.4 Å². The first-order valence-corrected chi connectivity index (χ1v) is 6.89. The molecule has 0 amide bonds. The summed E-state index contributed by atoms with van der Waals surface area (Å²) < 4.78 is 4.68. The number of carbonyl (C=O) groups is 1. The summed E-state index contributed by atoms with van der Waals surface area (Å²) in [6.45, 7) is 1.71. The van der Waals surface area contributed by atoms with Gasteiger partial charge in [-0.1, -0.05) is 0 Å². The second-order valence-electron chi connectivity index (χ2n) is 4.98. The molecule has 0 heterocycles. The van der Waals surface area contributed by atoms with Crippen molar-refractivity contribution in [2.45, 2.75) is 19.8 Å². The van der Waals surface area contributed by atoms with Gasteiger partial charge in [-0.25, -0.2) is 4.79 Å². The van der Waals surface area contributed by atoms with Crippen molar-refractivity contribution in [1.82, 2.24) is 0 Å². The zero-order chi connectivity index (χ0) is 17.9. The number of ether oxygens (including phenoxy) is 1. The van der Waals surface area contributed by atoms with Crippen LogP contribution in [0.5, 0.6) is 0 Å². The molecule has 1 aliphatic rings. The number of nitrogens with zero attached hydrogens (tertiary/aromatic N) is 3. The van der Waals surface area contributed by atoms with Crippen molar-refractivity contribution >= 4 is 28.7 Å². The Morgan fingerprint density at radius 2 is 1.96 bits per heavy atom. The summed E-state index contributed by atoms with van der Waals surface area (Å²) in [6, 6.07) is 3.22. The summed E-state index contributed by atoms with van der Waals surface area (Å²) in [5.41, 5.74) is 3.47. The van der Waals surface area contributed by atoms with Crippen molar-refractivity contribution in [3.63, 3.8) is 0 Å². The minimum Gasteiger partial charge on any atom is -0.466 e. The Labute approximate surface area is 136 Å². The number of esters is 1. The Bertz CT molecular complexity index is 783. The third kappa shape index (κ3) is 3.37. The summed E-state index contributed by atoms with van der Waals surface area (Å²) >= 11 is 0. The molecular formula is C14H14N4O6. The van der Waals surface area contributed by atoms with Crippen molar-refractivity contribution < 1.29 is 19.4 Å². The number of rotatable bonds is 5. The first-order chi connectivity index (χ1) is 11.3. The van der Waals surface area contributed by atoms with Gasteiger partial charge in [0.15, 0.2) is 0 Å². The van der Waals surface area contributed by atoms with Crippen LogP contribution in [0.2, 0.25) is 0 Å². The van der Waals surface area contributed by atoms with Crippen molar-refractivity contribution in [2.24, 2.45) is 5.10 Å². The van der Waals surface area contributed by atoms with Crippen LogP contribution in [0, 0.1) is 20.2 Å². The number of nitrogens with one attached hydrogen (secondary N) is 1. The van der Waals surface area contributed by atoms with Crippen molar-refractivity contribution in [2.75, 3.05) is 12.5 Å². The molecule has 10 heteroatoms. The molecule has 126 valence electrons. The monoisotopic (exact) mass is 334 g/mol. The molecule has 1 aliphatic carbocycles. The van der Waals surface area contributed by atoms with Crippen LogP contribution >= 0.6 is 0 Å². The Kier molecular flexibility index (Phi) is 4.87. The highest BCUT2D eigenvalue weighted by Gasteiger charge is 2.24. The number of anilines is 1. The van der Waals surface area contributed by atoms with Crippen LogP contribution < -0.4 is 5.43 Å². The van der Waals surface area contributed by atoms with E-state index in [9.17, 15) is 25.0 Å². The van der Waals surface area contributed by atoms with E-state index >= 15 is 0 Å². The van der Waals surface area contributed by atoms with Crippen molar-refractivity contribution in [1.29, 1.82) is 0 Å². The third-order valence-corrected chi connectivity index (χ3v) is 3.63. The Morgan fingerprint density at radius 3 is 2.54 bits per heavy atom. The number of nitro benzene ring substituents is 2. The summed E-state index contributed by atoms with van der Waals surface area (Å²) in [5, 5.41) is 25.9. The molecule has 0 saturated carbocycles. The fraction of sp³-hybridized carbons (Fsp3) is 0.286. The molecule has 0 bridgehead atoms. The largest absolute Gasteiger partial charge is 0.466 e. The SMILES string of the molecule is COC(=O)C1=C(C)/C(=N/Nc2ccc([N+](=O)[O-])cc2[N+](=O)[O-])CC1. The number of allylic oxidation sites excluding steroid dienone is 1. The zero-order valence-corrected chi connectivity index (χ0v) is 12.9. The van der Waals surface area contributed by atoms with Crippen LogP contribution in [-0.2, 0) is 9.53 Å². The Morgan fingerprint density at radius 1 is 1.25 bits per heavy atom. The topological polar surface area (TPSA) is 137 Å². The molecule has 1 aromatic carbocycles. The highest BCUT2D eigenvalue weighted by molar-refractivity contribution is 6.10. The lowest BCUT2D eigenvalue weighted by atomic mass is 10.2. The van der Waals surface area contributed by atoms with Crippen LogP contribution in [0.15, 0.2) is 34.4 Å². The molecule has 0 unspecified atom stereocenters. The van der Waals surface area contributed by atoms with Gasteiger partial charge in [-0.15, -0.1) is 0 Å². The molecule has 0 spiro atoms. The fourth-order valence-electron chi connectivity index (χ4n) is 2.32. The Hall–Kier alpha value is -3.30. The molecule has 0 fully saturated rings. The number of hydrogen-bond donors (Lipinski definition) is 1. The predicted molar refractivity (Wildman–Crippen MR) is 84.8 cm³/mol. The maximum atomic E-state index is 11.6. The first-order valence-electron chi connectivity index (χ1n) is 6.89. The Balaban J connectivity index is 2.29. The lowest BCUT2D eigenvalue weighted by Crippen LogP contribution is -2.05. The van der Waals surface area contributed by atoms with E-state index in [1.807, 2.05) is 0 Å². The minimum atomic E-state index is -0.729. The molecular weight excluding hydrogens is 320 g/mol. The van der Waals surface area contributed by atoms with Gasteiger partial charge in [-0.2, -0.15) is 5.10 Å². The number of methoxy groups -OCH3 is 1. The van der Waals surface area contributed by atoms with Crippen molar-refractivity contribution in [3.8, 4) is 0 Å². The third-order valence-electron chi connectivity index (χ3n) is 3.63.